The molecule has 0 fully saturated rings. The molecule has 9 rings (SSSR count). The molecule has 0 aliphatic carbocycles. The van der Waals surface area contributed by atoms with Crippen LogP contribution in [0.5, 0.6) is 0 Å². The van der Waals surface area contributed by atoms with E-state index in [9.17, 15) is 0 Å². The van der Waals surface area contributed by atoms with Crippen molar-refractivity contribution in [3.05, 3.63) is 189 Å². The molecule has 4 nitrogen and oxygen atoms in total. The zero-order valence-corrected chi connectivity index (χ0v) is 29.5. The van der Waals surface area contributed by atoms with Crippen LogP contribution in [0.2, 0.25) is 0 Å². The van der Waals surface area contributed by atoms with E-state index in [0.717, 1.165) is 72.4 Å². The molecule has 0 aliphatic rings. The van der Waals surface area contributed by atoms with E-state index < -0.39 is 0 Å². The van der Waals surface area contributed by atoms with Gasteiger partial charge in [0.05, 0.1) is 28.1 Å². The Morgan fingerprint density at radius 3 is 1.77 bits per heavy atom. The van der Waals surface area contributed by atoms with Gasteiger partial charge < -0.3 is 9.88 Å². The predicted molar refractivity (Wildman–Crippen MR) is 224 cm³/mol. The van der Waals surface area contributed by atoms with Crippen LogP contribution in [0.4, 0.5) is 17.1 Å². The molecular weight excluding hydrogens is 633 g/mol. The van der Waals surface area contributed by atoms with E-state index in [0.29, 0.717) is 0 Å². The van der Waals surface area contributed by atoms with E-state index in [-0.39, 0.29) is 0 Å². The van der Waals surface area contributed by atoms with Gasteiger partial charge in [-0.1, -0.05) is 121 Å². The summed E-state index contributed by atoms with van der Waals surface area (Å²) in [6.07, 6.45) is 3.50. The number of nitrogens with zero attached hydrogens (tertiary/aromatic N) is 3. The summed E-state index contributed by atoms with van der Waals surface area (Å²) < 4.78 is 0. The van der Waals surface area contributed by atoms with Gasteiger partial charge in [-0.2, -0.15) is 0 Å². The minimum atomic E-state index is 0.874. The number of fused-ring (bicyclic) bond motifs is 5. The maximum atomic E-state index is 5.24. The van der Waals surface area contributed by atoms with Crippen molar-refractivity contribution < 1.29 is 0 Å². The topological polar surface area (TPSA) is 44.8 Å². The summed E-state index contributed by atoms with van der Waals surface area (Å²) in [7, 11) is 0. The molecule has 0 unspecified atom stereocenters. The predicted octanol–water partition coefficient (Wildman–Crippen LogP) is 13.6. The van der Waals surface area contributed by atoms with Crippen LogP contribution in [-0.4, -0.2) is 15.0 Å². The van der Waals surface area contributed by atoms with Gasteiger partial charge in [-0.05, 0) is 73.8 Å². The Labute approximate surface area is 305 Å². The van der Waals surface area contributed by atoms with Gasteiger partial charge in [0.2, 0.25) is 0 Å². The molecule has 4 heteroatoms. The first-order valence-electron chi connectivity index (χ1n) is 17.5. The molecule has 0 radical (unpaired) electrons. The summed E-state index contributed by atoms with van der Waals surface area (Å²) >= 11 is 0. The largest absolute Gasteiger partial charge is 0.355 e. The SMILES string of the molecule is C=CC.C=CC.c1ccc(-c2nc3ccccc3nc2-c2cccc3c(N(c4ccccc4)c4ccc5[nH]c6ccccc6c5c4)cccc23)cc1. The summed E-state index contributed by atoms with van der Waals surface area (Å²) in [5.74, 6) is 0. The van der Waals surface area contributed by atoms with Crippen LogP contribution < -0.4 is 4.90 Å². The smallest absolute Gasteiger partial charge is 0.0979 e. The second-order valence-electron chi connectivity index (χ2n) is 12.3. The molecule has 0 bridgehead atoms. The Morgan fingerprint density at radius 2 is 1.04 bits per heavy atom. The lowest BCUT2D eigenvalue weighted by atomic mass is 9.96. The molecule has 0 aliphatic heterocycles. The number of para-hydroxylation sites is 4. The highest BCUT2D eigenvalue weighted by Crippen LogP contribution is 2.43. The number of benzene rings is 7. The van der Waals surface area contributed by atoms with Crippen LogP contribution in [0.25, 0.3) is 66.1 Å². The van der Waals surface area contributed by atoms with Gasteiger partial charge >= 0.3 is 0 Å². The highest BCUT2D eigenvalue weighted by atomic mass is 15.1. The number of H-pyrrole nitrogens is 1. The number of hydrogen-bond donors (Lipinski definition) is 1. The zero-order valence-electron chi connectivity index (χ0n) is 29.5. The molecule has 1 N–H and O–H groups in total. The molecular formula is C48H40N4. The van der Waals surface area contributed by atoms with E-state index in [1.165, 1.54) is 10.8 Å². The molecule has 0 atom stereocenters. The Balaban J connectivity index is 0.000000658. The number of aromatic nitrogens is 3. The van der Waals surface area contributed by atoms with Crippen LogP contribution in [0, 0.1) is 0 Å². The molecule has 2 aromatic heterocycles. The quantitative estimate of drug-likeness (QED) is 0.185. The minimum Gasteiger partial charge on any atom is -0.355 e. The van der Waals surface area contributed by atoms with Crippen LogP contribution >= 0.6 is 0 Å². The molecule has 0 saturated carbocycles. The average molecular weight is 673 g/mol. The fourth-order valence-corrected chi connectivity index (χ4v) is 6.66. The standard InChI is InChI=1S/C42H28N4.2C3H6/c1-3-13-28(14-4-1)41-42(45-39-23-10-9-22-38(39)44-41)34-20-11-19-33-31(34)18-12-24-40(33)46(29-15-5-2-6-16-29)30-25-26-37-35(27-30)32-17-7-8-21-36(32)43-37;2*1-3-2/h1-27,43H;2*3H,1H2,2H3. The first-order chi connectivity index (χ1) is 25.6. The summed E-state index contributed by atoms with van der Waals surface area (Å²) in [4.78, 5) is 16.3. The Kier molecular flexibility index (Phi) is 9.99. The molecule has 9 aromatic rings. The highest BCUT2D eigenvalue weighted by molar-refractivity contribution is 6.10. The van der Waals surface area contributed by atoms with Crippen molar-refractivity contribution in [1.82, 2.24) is 15.0 Å². The van der Waals surface area contributed by atoms with Crippen molar-refractivity contribution in [3.63, 3.8) is 0 Å². The molecule has 0 amide bonds. The van der Waals surface area contributed by atoms with E-state index in [2.05, 4.69) is 157 Å². The summed E-state index contributed by atoms with van der Waals surface area (Å²) in [6, 6.07) is 57.3. The fraction of sp³-hybridized carbons (Fsp3) is 0.0417. The lowest BCUT2D eigenvalue weighted by molar-refractivity contribution is 1.29. The monoisotopic (exact) mass is 672 g/mol. The van der Waals surface area contributed by atoms with Gasteiger partial charge in [-0.3, -0.25) is 0 Å². The average Bonchev–Trinajstić information content (AvgIpc) is 3.57. The molecule has 2 heterocycles. The van der Waals surface area contributed by atoms with Crippen molar-refractivity contribution in [2.45, 2.75) is 13.8 Å². The Hall–Kier alpha value is -6.78. The number of hydrogen-bond acceptors (Lipinski definition) is 3. The van der Waals surface area contributed by atoms with Crippen LogP contribution in [0.3, 0.4) is 0 Å². The van der Waals surface area contributed by atoms with E-state index >= 15 is 0 Å². The highest BCUT2D eigenvalue weighted by Gasteiger charge is 2.20. The second-order valence-corrected chi connectivity index (χ2v) is 12.3. The van der Waals surface area contributed by atoms with Crippen molar-refractivity contribution >= 4 is 60.7 Å². The van der Waals surface area contributed by atoms with E-state index in [4.69, 9.17) is 9.97 Å². The molecule has 7 aromatic carbocycles. The van der Waals surface area contributed by atoms with Gasteiger partial charge in [0.1, 0.15) is 0 Å². The molecule has 52 heavy (non-hydrogen) atoms. The maximum absolute atomic E-state index is 5.24. The fourth-order valence-electron chi connectivity index (χ4n) is 6.66. The summed E-state index contributed by atoms with van der Waals surface area (Å²) in [6.45, 7) is 10.5. The number of nitrogens with one attached hydrogen (secondary N) is 1. The third kappa shape index (κ3) is 6.58. The van der Waals surface area contributed by atoms with Crippen molar-refractivity contribution in [2.75, 3.05) is 4.90 Å². The third-order valence-corrected chi connectivity index (χ3v) is 8.78. The summed E-state index contributed by atoms with van der Waals surface area (Å²) in [5.41, 5.74) is 11.2. The van der Waals surface area contributed by atoms with E-state index in [1.807, 2.05) is 44.2 Å². The number of aromatic amines is 1. The second kappa shape index (κ2) is 15.4. The Morgan fingerprint density at radius 1 is 0.481 bits per heavy atom. The van der Waals surface area contributed by atoms with Crippen molar-refractivity contribution in [3.8, 4) is 22.5 Å². The number of allylic oxidation sites excluding steroid dienone is 2. The van der Waals surface area contributed by atoms with E-state index in [1.54, 1.807) is 12.2 Å². The first kappa shape index (κ1) is 33.7. The van der Waals surface area contributed by atoms with Gasteiger partial charge in [0.15, 0.2) is 0 Å². The van der Waals surface area contributed by atoms with Crippen LogP contribution in [0.15, 0.2) is 189 Å². The Bertz CT molecular complexity index is 2630. The lowest BCUT2D eigenvalue weighted by Crippen LogP contribution is -2.10. The van der Waals surface area contributed by atoms with Gasteiger partial charge in [0, 0.05) is 49.7 Å². The zero-order chi connectivity index (χ0) is 35.9. The molecule has 252 valence electrons. The van der Waals surface area contributed by atoms with Crippen LogP contribution in [-0.2, 0) is 0 Å². The normalized spacial score (nSPS) is 10.7. The lowest BCUT2D eigenvalue weighted by Gasteiger charge is -2.27. The summed E-state index contributed by atoms with van der Waals surface area (Å²) in [5, 5.41) is 4.68. The number of rotatable bonds is 5. The third-order valence-electron chi connectivity index (χ3n) is 8.78. The van der Waals surface area contributed by atoms with Gasteiger partial charge in [-0.25, -0.2) is 9.97 Å². The van der Waals surface area contributed by atoms with Gasteiger partial charge in [-0.15, -0.1) is 13.2 Å². The molecule has 0 spiro atoms. The van der Waals surface area contributed by atoms with Gasteiger partial charge in [0.25, 0.3) is 0 Å². The minimum absolute atomic E-state index is 0.874. The molecule has 0 saturated heterocycles. The number of anilines is 3. The van der Waals surface area contributed by atoms with Crippen LogP contribution in [0.1, 0.15) is 13.8 Å². The van der Waals surface area contributed by atoms with Crippen molar-refractivity contribution in [1.29, 1.82) is 0 Å². The van der Waals surface area contributed by atoms with Crippen molar-refractivity contribution in [2.24, 2.45) is 0 Å². The first-order valence-corrected chi connectivity index (χ1v) is 17.5. The maximum Gasteiger partial charge on any atom is 0.0979 e.